The van der Waals surface area contributed by atoms with Gasteiger partial charge in [0.25, 0.3) is 0 Å². The van der Waals surface area contributed by atoms with E-state index in [2.05, 4.69) is 10.6 Å². The van der Waals surface area contributed by atoms with Crippen molar-refractivity contribution in [1.29, 1.82) is 5.26 Å². The van der Waals surface area contributed by atoms with Gasteiger partial charge in [-0.25, -0.2) is 4.79 Å². The van der Waals surface area contributed by atoms with Crippen LogP contribution in [0.1, 0.15) is 18.4 Å². The van der Waals surface area contributed by atoms with Crippen molar-refractivity contribution in [3.63, 3.8) is 0 Å². The van der Waals surface area contributed by atoms with Gasteiger partial charge in [0.1, 0.15) is 0 Å². The molecule has 1 atom stereocenters. The van der Waals surface area contributed by atoms with Gasteiger partial charge in [-0.3, -0.25) is 4.79 Å². The molecule has 122 valence electrons. The Morgan fingerprint density at radius 2 is 2.26 bits per heavy atom. The highest BCUT2D eigenvalue weighted by atomic mass is 16.2. The van der Waals surface area contributed by atoms with Crippen LogP contribution in [0.2, 0.25) is 0 Å². The van der Waals surface area contributed by atoms with Gasteiger partial charge in [-0.2, -0.15) is 5.26 Å². The molecule has 0 aromatic heterocycles. The lowest BCUT2D eigenvalue weighted by molar-refractivity contribution is -0.126. The molecule has 23 heavy (non-hydrogen) atoms. The van der Waals surface area contributed by atoms with E-state index in [-0.39, 0.29) is 17.9 Å². The molecule has 1 saturated heterocycles. The highest BCUT2D eigenvalue weighted by Gasteiger charge is 2.28. The summed E-state index contributed by atoms with van der Waals surface area (Å²) in [5.41, 5.74) is 6.44. The Hall–Kier alpha value is -2.59. The minimum Gasteiger partial charge on any atom is -0.355 e. The standard InChI is InChI=1S/C16H21N5O2/c17-6-7-19-15(22)13-4-2-8-21(11-13)16(23)20-14-5-1-3-12(9-14)10-18/h1,3,5,9,13H,2,4,6-8,11,17H2,(H,19,22)(H,20,23). The third kappa shape index (κ3) is 4.69. The van der Waals surface area contributed by atoms with E-state index < -0.39 is 0 Å². The molecule has 7 nitrogen and oxygen atoms in total. The zero-order valence-corrected chi connectivity index (χ0v) is 12.9. The lowest BCUT2D eigenvalue weighted by Crippen LogP contribution is -2.47. The first-order valence-electron chi connectivity index (χ1n) is 7.68. The first-order chi connectivity index (χ1) is 11.1. The molecule has 4 N–H and O–H groups in total. The van der Waals surface area contributed by atoms with Crippen molar-refractivity contribution in [1.82, 2.24) is 10.2 Å². The number of nitrogens with one attached hydrogen (secondary N) is 2. The summed E-state index contributed by atoms with van der Waals surface area (Å²) in [6, 6.07) is 8.52. The van der Waals surface area contributed by atoms with Gasteiger partial charge in [0.05, 0.1) is 17.6 Å². The van der Waals surface area contributed by atoms with Gasteiger partial charge in [-0.1, -0.05) is 6.07 Å². The van der Waals surface area contributed by atoms with Crippen LogP contribution < -0.4 is 16.4 Å². The van der Waals surface area contributed by atoms with Crippen molar-refractivity contribution in [3.8, 4) is 6.07 Å². The number of piperidine rings is 1. The SMILES string of the molecule is N#Cc1cccc(NC(=O)N2CCCC(C(=O)NCCN)C2)c1. The Bertz CT molecular complexity index is 611. The minimum absolute atomic E-state index is 0.0561. The number of nitrogens with two attached hydrogens (primary N) is 1. The summed E-state index contributed by atoms with van der Waals surface area (Å²) in [4.78, 5) is 26.0. The fraction of sp³-hybridized carbons (Fsp3) is 0.438. The van der Waals surface area contributed by atoms with E-state index in [1.165, 1.54) is 0 Å². The van der Waals surface area contributed by atoms with E-state index in [1.54, 1.807) is 29.2 Å². The van der Waals surface area contributed by atoms with Crippen molar-refractivity contribution >= 4 is 17.6 Å². The van der Waals surface area contributed by atoms with E-state index in [4.69, 9.17) is 11.0 Å². The van der Waals surface area contributed by atoms with Gasteiger partial charge < -0.3 is 21.3 Å². The molecule has 1 aliphatic heterocycles. The number of hydrogen-bond donors (Lipinski definition) is 3. The predicted molar refractivity (Wildman–Crippen MR) is 86.5 cm³/mol. The summed E-state index contributed by atoms with van der Waals surface area (Å²) >= 11 is 0. The molecule has 7 heteroatoms. The van der Waals surface area contributed by atoms with Gasteiger partial charge in [0, 0.05) is 31.9 Å². The predicted octanol–water partition coefficient (Wildman–Crippen LogP) is 0.877. The Kier molecular flexibility index (Phi) is 5.94. The van der Waals surface area contributed by atoms with Crippen LogP contribution >= 0.6 is 0 Å². The molecule has 1 unspecified atom stereocenters. The van der Waals surface area contributed by atoms with Gasteiger partial charge >= 0.3 is 6.03 Å². The van der Waals surface area contributed by atoms with Gasteiger partial charge in [0.15, 0.2) is 0 Å². The van der Waals surface area contributed by atoms with E-state index in [0.29, 0.717) is 37.4 Å². The number of likely N-dealkylation sites (tertiary alicyclic amines) is 1. The summed E-state index contributed by atoms with van der Waals surface area (Å²) in [5.74, 6) is -0.258. The quantitative estimate of drug-likeness (QED) is 0.765. The molecule has 1 heterocycles. The summed E-state index contributed by atoms with van der Waals surface area (Å²) in [5, 5.41) is 14.4. The largest absolute Gasteiger partial charge is 0.355 e. The maximum atomic E-state index is 12.3. The Morgan fingerprint density at radius 1 is 1.43 bits per heavy atom. The lowest BCUT2D eigenvalue weighted by Gasteiger charge is -2.32. The molecule has 1 aliphatic rings. The zero-order chi connectivity index (χ0) is 16.7. The molecular weight excluding hydrogens is 294 g/mol. The highest BCUT2D eigenvalue weighted by molar-refractivity contribution is 5.90. The first kappa shape index (κ1) is 16.8. The number of anilines is 1. The number of rotatable bonds is 4. The Balaban J connectivity index is 1.93. The van der Waals surface area contributed by atoms with Crippen molar-refractivity contribution in [2.45, 2.75) is 12.8 Å². The van der Waals surface area contributed by atoms with Gasteiger partial charge in [0.2, 0.25) is 5.91 Å². The summed E-state index contributed by atoms with van der Waals surface area (Å²) in [6.45, 7) is 1.85. The molecular formula is C16H21N5O2. The first-order valence-corrected chi connectivity index (χ1v) is 7.68. The number of nitriles is 1. The Labute approximate surface area is 135 Å². The van der Waals surface area contributed by atoms with Crippen molar-refractivity contribution in [3.05, 3.63) is 29.8 Å². The molecule has 0 spiro atoms. The maximum Gasteiger partial charge on any atom is 0.321 e. The molecule has 2 rings (SSSR count). The van der Waals surface area contributed by atoms with E-state index >= 15 is 0 Å². The van der Waals surface area contributed by atoms with Crippen LogP contribution in [0.4, 0.5) is 10.5 Å². The van der Waals surface area contributed by atoms with Gasteiger partial charge in [-0.15, -0.1) is 0 Å². The number of benzene rings is 1. The van der Waals surface area contributed by atoms with Crippen LogP contribution in [-0.4, -0.2) is 43.0 Å². The summed E-state index contributed by atoms with van der Waals surface area (Å²) in [6.07, 6.45) is 1.55. The molecule has 0 saturated carbocycles. The molecule has 3 amide bonds. The van der Waals surface area contributed by atoms with Crippen LogP contribution in [-0.2, 0) is 4.79 Å². The van der Waals surface area contributed by atoms with Crippen LogP contribution in [0.3, 0.4) is 0 Å². The van der Waals surface area contributed by atoms with Crippen molar-refractivity contribution in [2.75, 3.05) is 31.5 Å². The number of nitrogens with zero attached hydrogens (tertiary/aromatic N) is 2. The molecule has 1 aromatic carbocycles. The molecule has 0 aliphatic carbocycles. The van der Waals surface area contributed by atoms with Crippen LogP contribution in [0.25, 0.3) is 0 Å². The topological polar surface area (TPSA) is 111 Å². The average Bonchev–Trinajstić information content (AvgIpc) is 2.59. The second-order valence-corrected chi connectivity index (χ2v) is 5.49. The van der Waals surface area contributed by atoms with E-state index in [9.17, 15) is 9.59 Å². The fourth-order valence-electron chi connectivity index (χ4n) is 2.58. The third-order valence-electron chi connectivity index (χ3n) is 3.77. The summed E-state index contributed by atoms with van der Waals surface area (Å²) in [7, 11) is 0. The van der Waals surface area contributed by atoms with Crippen LogP contribution in [0.15, 0.2) is 24.3 Å². The van der Waals surface area contributed by atoms with E-state index in [0.717, 1.165) is 12.8 Å². The van der Waals surface area contributed by atoms with Crippen LogP contribution in [0, 0.1) is 17.2 Å². The molecule has 1 fully saturated rings. The molecule has 0 radical (unpaired) electrons. The Morgan fingerprint density at radius 3 is 3.00 bits per heavy atom. The molecule has 1 aromatic rings. The fourth-order valence-corrected chi connectivity index (χ4v) is 2.58. The zero-order valence-electron chi connectivity index (χ0n) is 12.9. The monoisotopic (exact) mass is 315 g/mol. The van der Waals surface area contributed by atoms with E-state index in [1.807, 2.05) is 6.07 Å². The van der Waals surface area contributed by atoms with Crippen LogP contribution in [0.5, 0.6) is 0 Å². The lowest BCUT2D eigenvalue weighted by atomic mass is 9.97. The normalized spacial score (nSPS) is 17.2. The van der Waals surface area contributed by atoms with Gasteiger partial charge in [-0.05, 0) is 31.0 Å². The third-order valence-corrected chi connectivity index (χ3v) is 3.77. The maximum absolute atomic E-state index is 12.3. The number of hydrogen-bond acceptors (Lipinski definition) is 4. The van der Waals surface area contributed by atoms with Crippen molar-refractivity contribution in [2.24, 2.45) is 11.7 Å². The molecule has 0 bridgehead atoms. The van der Waals surface area contributed by atoms with Crippen molar-refractivity contribution < 1.29 is 9.59 Å². The summed E-state index contributed by atoms with van der Waals surface area (Å²) < 4.78 is 0. The number of carbonyl (C=O) groups is 2. The highest BCUT2D eigenvalue weighted by Crippen LogP contribution is 2.18. The minimum atomic E-state index is -0.253. The average molecular weight is 315 g/mol. The number of urea groups is 1. The number of amides is 3. The second-order valence-electron chi connectivity index (χ2n) is 5.49. The second kappa shape index (κ2) is 8.15. The smallest absolute Gasteiger partial charge is 0.321 e. The number of carbonyl (C=O) groups excluding carboxylic acids is 2.